The summed E-state index contributed by atoms with van der Waals surface area (Å²) >= 11 is 0. The molecule has 4 heterocycles. The Labute approximate surface area is 183 Å². The highest BCUT2D eigenvalue weighted by Crippen LogP contribution is 2.40. The van der Waals surface area contributed by atoms with Gasteiger partial charge in [0.05, 0.1) is 24.5 Å². The van der Waals surface area contributed by atoms with E-state index in [0.717, 1.165) is 57.6 Å². The molecule has 2 N–H and O–H groups in total. The normalized spacial score (nSPS) is 25.0. The molecule has 2 aromatic rings. The van der Waals surface area contributed by atoms with E-state index in [0.29, 0.717) is 0 Å². The third kappa shape index (κ3) is 3.91. The molecule has 0 bridgehead atoms. The number of nitrogens with one attached hydrogen (secondary N) is 2. The molecule has 2 atom stereocenters. The number of hydrogen-bond acceptors (Lipinski definition) is 4. The van der Waals surface area contributed by atoms with Crippen molar-refractivity contribution in [2.24, 2.45) is 0 Å². The molecule has 2 saturated heterocycles. The van der Waals surface area contributed by atoms with E-state index < -0.39 is 0 Å². The first-order valence-corrected chi connectivity index (χ1v) is 10.0. The van der Waals surface area contributed by atoms with E-state index in [4.69, 9.17) is 4.74 Å². The lowest BCUT2D eigenvalue weighted by Crippen LogP contribution is -2.53. The highest BCUT2D eigenvalue weighted by atomic mass is 35.5. The topological polar surface area (TPSA) is 70.2 Å². The summed E-state index contributed by atoms with van der Waals surface area (Å²) < 4.78 is 6.21. The van der Waals surface area contributed by atoms with Gasteiger partial charge in [-0.3, -0.25) is 9.89 Å². The number of benzene rings is 1. The van der Waals surface area contributed by atoms with Gasteiger partial charge in [0.1, 0.15) is 5.60 Å². The van der Waals surface area contributed by atoms with E-state index in [1.807, 2.05) is 17.2 Å². The summed E-state index contributed by atoms with van der Waals surface area (Å²) in [7, 11) is 0. The molecule has 0 saturated carbocycles. The Morgan fingerprint density at radius 2 is 1.93 bits per heavy atom. The van der Waals surface area contributed by atoms with Crippen LogP contribution in [0.15, 0.2) is 36.5 Å². The van der Waals surface area contributed by atoms with Gasteiger partial charge in [-0.25, -0.2) is 0 Å². The monoisotopic (exact) mass is 438 g/mol. The van der Waals surface area contributed by atoms with E-state index in [1.165, 1.54) is 11.1 Å². The van der Waals surface area contributed by atoms with Crippen LogP contribution in [0.4, 0.5) is 0 Å². The van der Waals surface area contributed by atoms with Gasteiger partial charge < -0.3 is 15.0 Å². The molecule has 1 spiro atoms. The zero-order valence-electron chi connectivity index (χ0n) is 16.3. The lowest BCUT2D eigenvalue weighted by atomic mass is 9.83. The number of ether oxygens (including phenoxy) is 1. The van der Waals surface area contributed by atoms with Crippen molar-refractivity contribution >= 4 is 30.7 Å². The van der Waals surface area contributed by atoms with Crippen LogP contribution in [0.3, 0.4) is 0 Å². The van der Waals surface area contributed by atoms with Gasteiger partial charge in [0.2, 0.25) is 5.91 Å². The second kappa shape index (κ2) is 9.04. The number of aromatic nitrogens is 2. The first-order chi connectivity index (χ1) is 13.3. The van der Waals surface area contributed by atoms with E-state index in [2.05, 4.69) is 39.8 Å². The molecule has 1 aromatic carbocycles. The fourth-order valence-corrected chi connectivity index (χ4v) is 5.03. The lowest BCUT2D eigenvalue weighted by Gasteiger charge is -2.44. The third-order valence-electron chi connectivity index (χ3n) is 6.52. The van der Waals surface area contributed by atoms with Gasteiger partial charge in [0.15, 0.2) is 0 Å². The van der Waals surface area contributed by atoms with Crippen molar-refractivity contribution in [2.45, 2.75) is 43.2 Å². The van der Waals surface area contributed by atoms with Crippen molar-refractivity contribution in [3.8, 4) is 0 Å². The van der Waals surface area contributed by atoms with Crippen molar-refractivity contribution in [1.29, 1.82) is 0 Å². The number of carbonyl (C=O) groups is 1. The van der Waals surface area contributed by atoms with Crippen LogP contribution in [-0.2, 0) is 21.6 Å². The number of piperidine rings is 1. The average Bonchev–Trinajstić information content (AvgIpc) is 3.39. The van der Waals surface area contributed by atoms with Gasteiger partial charge in [-0.15, -0.1) is 24.8 Å². The second-order valence-electron chi connectivity index (χ2n) is 7.93. The molecule has 1 aromatic heterocycles. The molecule has 6 nitrogen and oxygen atoms in total. The molecule has 0 aliphatic carbocycles. The van der Waals surface area contributed by atoms with Crippen molar-refractivity contribution in [3.05, 3.63) is 53.3 Å². The van der Waals surface area contributed by atoms with Gasteiger partial charge in [-0.1, -0.05) is 30.3 Å². The number of aromatic amines is 1. The number of rotatable bonds is 2. The van der Waals surface area contributed by atoms with Crippen LogP contribution in [0, 0.1) is 0 Å². The largest absolute Gasteiger partial charge is 0.368 e. The van der Waals surface area contributed by atoms with Crippen LogP contribution in [0.5, 0.6) is 0 Å². The molecule has 0 unspecified atom stereocenters. The average molecular weight is 439 g/mol. The minimum absolute atomic E-state index is 0. The van der Waals surface area contributed by atoms with Crippen LogP contribution in [0.1, 0.15) is 42.0 Å². The first kappa shape index (κ1) is 22.1. The SMILES string of the molecule is Cl.Cl.O=C([C@H]1NCC[C@@H]1c1ccccc1)N1CCC2(CC1)OCCc1cn[nH]c12. The van der Waals surface area contributed by atoms with Gasteiger partial charge in [0, 0.05) is 19.0 Å². The van der Waals surface area contributed by atoms with Crippen molar-refractivity contribution in [3.63, 3.8) is 0 Å². The van der Waals surface area contributed by atoms with Crippen molar-refractivity contribution in [1.82, 2.24) is 20.4 Å². The summed E-state index contributed by atoms with van der Waals surface area (Å²) in [6, 6.07) is 10.3. The van der Waals surface area contributed by atoms with Gasteiger partial charge in [-0.05, 0) is 43.4 Å². The maximum atomic E-state index is 13.3. The summed E-state index contributed by atoms with van der Waals surface area (Å²) in [4.78, 5) is 15.3. The predicted octanol–water partition coefficient (Wildman–Crippen LogP) is 2.79. The highest BCUT2D eigenvalue weighted by Gasteiger charge is 2.45. The molecule has 3 aliphatic heterocycles. The number of likely N-dealkylation sites (tertiary alicyclic amines) is 1. The number of nitrogens with zero attached hydrogens (tertiary/aromatic N) is 2. The Bertz CT molecular complexity index is 821. The molecule has 3 aliphatic rings. The Hall–Kier alpha value is -1.60. The Morgan fingerprint density at radius 1 is 1.17 bits per heavy atom. The standard InChI is InChI=1S/C21H26N4O2.2ClH/c26-20(18-17(6-10-22-18)15-4-2-1-3-5-15)25-11-8-21(9-12-25)19-16(7-13-27-21)14-23-24-19;;/h1-5,14,17-18,22H,6-13H2,(H,23,24);2*1H/t17-,18+;;/m1../s1. The van der Waals surface area contributed by atoms with E-state index in [9.17, 15) is 4.79 Å². The number of halogens is 2. The number of H-pyrrole nitrogens is 1. The van der Waals surface area contributed by atoms with Crippen molar-refractivity contribution in [2.75, 3.05) is 26.2 Å². The Kier molecular flexibility index (Phi) is 6.89. The molecule has 8 heteroatoms. The maximum absolute atomic E-state index is 13.3. The maximum Gasteiger partial charge on any atom is 0.240 e. The summed E-state index contributed by atoms with van der Waals surface area (Å²) in [5, 5.41) is 10.8. The van der Waals surface area contributed by atoms with E-state index >= 15 is 0 Å². The van der Waals surface area contributed by atoms with E-state index in [1.54, 1.807) is 0 Å². The van der Waals surface area contributed by atoms with Crippen LogP contribution < -0.4 is 5.32 Å². The minimum Gasteiger partial charge on any atom is -0.368 e. The molecular weight excluding hydrogens is 411 g/mol. The number of hydrogen-bond donors (Lipinski definition) is 2. The first-order valence-electron chi connectivity index (χ1n) is 10.0. The Morgan fingerprint density at radius 3 is 2.69 bits per heavy atom. The number of carbonyl (C=O) groups excluding carboxylic acids is 1. The molecule has 0 radical (unpaired) electrons. The van der Waals surface area contributed by atoms with Crippen LogP contribution in [-0.4, -0.2) is 53.3 Å². The fraction of sp³-hybridized carbons (Fsp3) is 0.524. The third-order valence-corrected chi connectivity index (χ3v) is 6.52. The van der Waals surface area contributed by atoms with Gasteiger partial charge in [-0.2, -0.15) is 5.10 Å². The minimum atomic E-state index is -0.289. The van der Waals surface area contributed by atoms with Crippen molar-refractivity contribution < 1.29 is 9.53 Å². The number of amides is 1. The van der Waals surface area contributed by atoms with Gasteiger partial charge in [0.25, 0.3) is 0 Å². The van der Waals surface area contributed by atoms with Gasteiger partial charge >= 0.3 is 0 Å². The summed E-state index contributed by atoms with van der Waals surface area (Å²) in [6.07, 6.45) is 5.51. The zero-order chi connectivity index (χ0) is 18.3. The molecule has 158 valence electrons. The lowest BCUT2D eigenvalue weighted by molar-refractivity contribution is -0.143. The van der Waals surface area contributed by atoms with Crippen LogP contribution in [0.25, 0.3) is 0 Å². The molecular formula is C21H28Cl2N4O2. The quantitative estimate of drug-likeness (QED) is 0.755. The fourth-order valence-electron chi connectivity index (χ4n) is 5.03. The summed E-state index contributed by atoms with van der Waals surface area (Å²) in [5.74, 6) is 0.497. The van der Waals surface area contributed by atoms with Crippen LogP contribution >= 0.6 is 24.8 Å². The smallest absolute Gasteiger partial charge is 0.240 e. The summed E-state index contributed by atoms with van der Waals surface area (Å²) in [5.41, 5.74) is 3.36. The molecule has 2 fully saturated rings. The predicted molar refractivity (Wildman–Crippen MR) is 116 cm³/mol. The molecule has 1 amide bonds. The second-order valence-corrected chi connectivity index (χ2v) is 7.93. The highest BCUT2D eigenvalue weighted by molar-refractivity contribution is 5.85. The molecule has 29 heavy (non-hydrogen) atoms. The van der Waals surface area contributed by atoms with Crippen LogP contribution in [0.2, 0.25) is 0 Å². The number of fused-ring (bicyclic) bond motifs is 2. The zero-order valence-corrected chi connectivity index (χ0v) is 17.9. The van der Waals surface area contributed by atoms with E-state index in [-0.39, 0.29) is 48.3 Å². The summed E-state index contributed by atoms with van der Waals surface area (Å²) in [6.45, 7) is 3.10. The molecule has 5 rings (SSSR count). The Balaban J connectivity index is 0.00000120.